The molecule has 0 aromatic heterocycles. The molecule has 0 atom stereocenters. The molecule has 0 spiro atoms. The monoisotopic (exact) mass is 359 g/mol. The molecule has 124 valence electrons. The van der Waals surface area contributed by atoms with E-state index in [0.717, 1.165) is 11.1 Å². The van der Waals surface area contributed by atoms with Crippen molar-refractivity contribution in [1.29, 1.82) is 0 Å². The van der Waals surface area contributed by atoms with Crippen molar-refractivity contribution < 1.29 is 22.5 Å². The van der Waals surface area contributed by atoms with Crippen LogP contribution in [0.4, 0.5) is 10.5 Å². The van der Waals surface area contributed by atoms with Crippen LogP contribution in [0.2, 0.25) is 0 Å². The molecule has 0 saturated carbocycles. The molecule has 0 saturated heterocycles. The number of hydrogen-bond acceptors (Lipinski definition) is 4. The molecule has 0 unspecified atom stereocenters. The Bertz CT molecular complexity index is 786. The standard InChI is InChI=1S/C16H17NO5S.Na.H/c1-11(2)22-16(18)17-14-7-3-12(4-8-14)13-5-9-15(10-6-13)23(19,20)21;;/h3-11H,1-2H3,(H,17,18)(H,19,20,21);;. The van der Waals surface area contributed by atoms with Crippen molar-refractivity contribution in [2.45, 2.75) is 24.8 Å². The Morgan fingerprint density at radius 1 is 1.00 bits per heavy atom. The Morgan fingerprint density at radius 3 is 1.88 bits per heavy atom. The van der Waals surface area contributed by atoms with Gasteiger partial charge in [-0.15, -0.1) is 0 Å². The Hall–Kier alpha value is -1.38. The molecule has 6 nitrogen and oxygen atoms in total. The number of hydrogen-bond donors (Lipinski definition) is 2. The number of anilines is 1. The van der Waals surface area contributed by atoms with Crippen molar-refractivity contribution in [3.05, 3.63) is 48.5 Å². The van der Waals surface area contributed by atoms with Gasteiger partial charge in [0.25, 0.3) is 10.1 Å². The third kappa shape index (κ3) is 5.92. The van der Waals surface area contributed by atoms with Crippen LogP contribution in [0.15, 0.2) is 53.4 Å². The first-order valence-corrected chi connectivity index (χ1v) is 8.35. The number of rotatable bonds is 4. The molecule has 24 heavy (non-hydrogen) atoms. The van der Waals surface area contributed by atoms with Gasteiger partial charge in [-0.25, -0.2) is 4.79 Å². The van der Waals surface area contributed by atoms with E-state index >= 15 is 0 Å². The Morgan fingerprint density at radius 2 is 1.46 bits per heavy atom. The van der Waals surface area contributed by atoms with Crippen LogP contribution in [0.3, 0.4) is 0 Å². The van der Waals surface area contributed by atoms with E-state index in [2.05, 4.69) is 5.32 Å². The molecular formula is C16H18NNaO5S. The number of ether oxygens (including phenoxy) is 1. The van der Waals surface area contributed by atoms with E-state index in [-0.39, 0.29) is 40.6 Å². The van der Waals surface area contributed by atoms with Gasteiger partial charge in [-0.05, 0) is 49.2 Å². The SMILES string of the molecule is CC(C)OC(=O)Nc1ccc(-c2ccc(S(=O)(=O)O)cc2)cc1.[NaH]. The van der Waals surface area contributed by atoms with Crippen molar-refractivity contribution in [2.75, 3.05) is 5.32 Å². The number of amides is 1. The average Bonchev–Trinajstić information content (AvgIpc) is 2.46. The van der Waals surface area contributed by atoms with Gasteiger partial charge in [0.05, 0.1) is 11.0 Å². The van der Waals surface area contributed by atoms with Gasteiger partial charge in [0.2, 0.25) is 0 Å². The summed E-state index contributed by atoms with van der Waals surface area (Å²) >= 11 is 0. The average molecular weight is 359 g/mol. The fourth-order valence-electron chi connectivity index (χ4n) is 1.93. The molecule has 0 bridgehead atoms. The Balaban J connectivity index is 0.00000288. The van der Waals surface area contributed by atoms with E-state index in [1.165, 1.54) is 12.1 Å². The second-order valence-corrected chi connectivity index (χ2v) is 6.58. The van der Waals surface area contributed by atoms with Gasteiger partial charge in [-0.2, -0.15) is 8.42 Å². The zero-order valence-corrected chi connectivity index (χ0v) is 13.5. The molecule has 2 aromatic rings. The van der Waals surface area contributed by atoms with Gasteiger partial charge >= 0.3 is 35.7 Å². The van der Waals surface area contributed by atoms with Crippen LogP contribution in [-0.2, 0) is 14.9 Å². The third-order valence-corrected chi connectivity index (χ3v) is 3.83. The summed E-state index contributed by atoms with van der Waals surface area (Å²) in [4.78, 5) is 11.3. The zero-order valence-electron chi connectivity index (χ0n) is 12.7. The molecule has 0 aliphatic carbocycles. The van der Waals surface area contributed by atoms with Crippen LogP contribution in [-0.4, -0.2) is 54.7 Å². The Kier molecular flexibility index (Phi) is 7.44. The van der Waals surface area contributed by atoms with E-state index in [1.54, 1.807) is 50.2 Å². The maximum absolute atomic E-state index is 11.5. The minimum absolute atomic E-state index is 0. The van der Waals surface area contributed by atoms with Crippen molar-refractivity contribution in [3.8, 4) is 11.1 Å². The van der Waals surface area contributed by atoms with Crippen LogP contribution in [0.1, 0.15) is 13.8 Å². The molecule has 2 N–H and O–H groups in total. The van der Waals surface area contributed by atoms with Gasteiger partial charge in [0.1, 0.15) is 0 Å². The summed E-state index contributed by atoms with van der Waals surface area (Å²) in [5.41, 5.74) is 2.22. The predicted molar refractivity (Wildman–Crippen MR) is 94.1 cm³/mol. The van der Waals surface area contributed by atoms with E-state index < -0.39 is 16.2 Å². The van der Waals surface area contributed by atoms with Crippen LogP contribution in [0.25, 0.3) is 11.1 Å². The van der Waals surface area contributed by atoms with Crippen LogP contribution >= 0.6 is 0 Å². The molecule has 8 heteroatoms. The van der Waals surface area contributed by atoms with Crippen molar-refractivity contribution >= 4 is 51.5 Å². The van der Waals surface area contributed by atoms with E-state index in [1.807, 2.05) is 0 Å². The van der Waals surface area contributed by atoms with Crippen LogP contribution < -0.4 is 5.32 Å². The quantitative estimate of drug-likeness (QED) is 0.647. The van der Waals surface area contributed by atoms with Gasteiger partial charge in [-0.3, -0.25) is 9.87 Å². The number of benzene rings is 2. The summed E-state index contributed by atoms with van der Waals surface area (Å²) in [5.74, 6) is 0. The minimum atomic E-state index is -4.19. The number of carbonyl (C=O) groups excluding carboxylic acids is 1. The maximum atomic E-state index is 11.5. The molecule has 0 heterocycles. The first kappa shape index (κ1) is 20.7. The molecule has 0 aliphatic rings. The Labute approximate surface area is 163 Å². The van der Waals surface area contributed by atoms with Gasteiger partial charge < -0.3 is 4.74 Å². The van der Waals surface area contributed by atoms with Crippen molar-refractivity contribution in [1.82, 2.24) is 0 Å². The van der Waals surface area contributed by atoms with Crippen LogP contribution in [0, 0.1) is 0 Å². The fourth-order valence-corrected chi connectivity index (χ4v) is 2.41. The molecule has 0 radical (unpaired) electrons. The van der Waals surface area contributed by atoms with Crippen molar-refractivity contribution in [2.24, 2.45) is 0 Å². The molecule has 2 aromatic carbocycles. The normalized spacial score (nSPS) is 10.8. The van der Waals surface area contributed by atoms with Gasteiger partial charge in [-0.1, -0.05) is 24.3 Å². The summed E-state index contributed by atoms with van der Waals surface area (Å²) in [6.45, 7) is 3.53. The number of carbonyl (C=O) groups is 1. The molecule has 0 aliphatic heterocycles. The summed E-state index contributed by atoms with van der Waals surface area (Å²) < 4.78 is 36.0. The molecule has 0 fully saturated rings. The van der Waals surface area contributed by atoms with Gasteiger partial charge in [0, 0.05) is 5.69 Å². The summed E-state index contributed by atoms with van der Waals surface area (Å²) in [6, 6.07) is 12.9. The molecule has 2 rings (SSSR count). The van der Waals surface area contributed by atoms with Gasteiger partial charge in [0.15, 0.2) is 0 Å². The molecular weight excluding hydrogens is 341 g/mol. The summed E-state index contributed by atoms with van der Waals surface area (Å²) in [7, 11) is -4.19. The molecule has 1 amide bonds. The second kappa shape index (κ2) is 8.64. The van der Waals surface area contributed by atoms with Crippen LogP contribution in [0.5, 0.6) is 0 Å². The third-order valence-electron chi connectivity index (χ3n) is 2.96. The van der Waals surface area contributed by atoms with Crippen molar-refractivity contribution in [3.63, 3.8) is 0 Å². The van der Waals surface area contributed by atoms with E-state index in [0.29, 0.717) is 5.69 Å². The number of nitrogens with one attached hydrogen (secondary N) is 1. The summed E-state index contributed by atoms with van der Waals surface area (Å²) in [6.07, 6.45) is -0.721. The summed E-state index contributed by atoms with van der Waals surface area (Å²) in [5, 5.41) is 2.61. The second-order valence-electron chi connectivity index (χ2n) is 5.16. The van der Waals surface area contributed by atoms with E-state index in [4.69, 9.17) is 9.29 Å². The predicted octanol–water partition coefficient (Wildman–Crippen LogP) is 2.91. The fraction of sp³-hybridized carbons (Fsp3) is 0.188. The zero-order chi connectivity index (χ0) is 17.0. The first-order valence-electron chi connectivity index (χ1n) is 6.91. The topological polar surface area (TPSA) is 92.7 Å². The first-order chi connectivity index (χ1) is 10.8. The van der Waals surface area contributed by atoms with E-state index in [9.17, 15) is 13.2 Å².